The van der Waals surface area contributed by atoms with Crippen molar-refractivity contribution in [1.82, 2.24) is 10.6 Å². The molecule has 0 aromatic heterocycles. The molecule has 0 unspecified atom stereocenters. The lowest BCUT2D eigenvalue weighted by Gasteiger charge is -2.15. The maximum Gasteiger partial charge on any atom is 0.235 e. The first-order valence-electron chi connectivity index (χ1n) is 7.39. The van der Waals surface area contributed by atoms with E-state index in [1.54, 1.807) is 25.3 Å². The van der Waals surface area contributed by atoms with Gasteiger partial charge in [0.15, 0.2) is 0 Å². The second kappa shape index (κ2) is 7.35. The van der Waals surface area contributed by atoms with E-state index in [1.165, 1.54) is 6.07 Å². The van der Waals surface area contributed by atoms with E-state index in [0.29, 0.717) is 38.0 Å². The summed E-state index contributed by atoms with van der Waals surface area (Å²) in [6, 6.07) is 6.26. The molecule has 0 atom stereocenters. The van der Waals surface area contributed by atoms with Gasteiger partial charge in [-0.3, -0.25) is 9.59 Å². The number of nitrogens with one attached hydrogen (secondary N) is 2. The monoisotopic (exact) mass is 308 g/mol. The highest BCUT2D eigenvalue weighted by Gasteiger charge is 2.56. The van der Waals surface area contributed by atoms with Crippen molar-refractivity contribution >= 4 is 11.8 Å². The van der Waals surface area contributed by atoms with Crippen LogP contribution in [0.2, 0.25) is 0 Å². The Labute approximate surface area is 129 Å². The number of carbonyl (C=O) groups excluding carboxylic acids is 2. The Morgan fingerprint density at radius 2 is 1.91 bits per heavy atom. The van der Waals surface area contributed by atoms with Gasteiger partial charge in [0.05, 0.1) is 0 Å². The van der Waals surface area contributed by atoms with E-state index in [1.807, 2.05) is 0 Å². The first-order valence-corrected chi connectivity index (χ1v) is 7.39. The quantitative estimate of drug-likeness (QED) is 0.563. The maximum atomic E-state index is 13.5. The summed E-state index contributed by atoms with van der Waals surface area (Å²) in [5.41, 5.74) is -0.564. The van der Waals surface area contributed by atoms with Gasteiger partial charge in [-0.05, 0) is 25.3 Å². The van der Waals surface area contributed by atoms with Gasteiger partial charge in [-0.2, -0.15) is 0 Å². The molecule has 0 spiro atoms. The van der Waals surface area contributed by atoms with E-state index in [0.717, 1.165) is 0 Å². The van der Waals surface area contributed by atoms with E-state index in [9.17, 15) is 14.0 Å². The average Bonchev–Trinajstić information content (AvgIpc) is 3.32. The smallest absolute Gasteiger partial charge is 0.235 e. The molecule has 1 aliphatic rings. The number of amides is 2. The molecule has 0 bridgehead atoms. The molecule has 5 nitrogen and oxygen atoms in total. The lowest BCUT2D eigenvalue weighted by Crippen LogP contribution is -2.43. The number of halogens is 1. The van der Waals surface area contributed by atoms with Crippen LogP contribution in [0.3, 0.4) is 0 Å². The third kappa shape index (κ3) is 3.82. The summed E-state index contributed by atoms with van der Waals surface area (Å²) in [5, 5.41) is 5.42. The molecule has 120 valence electrons. The number of carbonyl (C=O) groups is 2. The zero-order valence-electron chi connectivity index (χ0n) is 12.7. The Hall–Kier alpha value is -1.95. The third-order valence-electron chi connectivity index (χ3n) is 3.83. The molecule has 0 radical (unpaired) electrons. The first-order chi connectivity index (χ1) is 10.6. The molecule has 6 heteroatoms. The molecule has 0 saturated heterocycles. The molecular formula is C16H21FN2O3. The lowest BCUT2D eigenvalue weighted by molar-refractivity contribution is -0.137. The van der Waals surface area contributed by atoms with Gasteiger partial charge in [0.25, 0.3) is 0 Å². The standard InChI is InChI=1S/C16H21FN2O3/c1-22-10-4-9-18-14(20)16(7-8-16)15(21)19-11-12-5-2-3-6-13(12)17/h2-3,5-6H,4,7-11H2,1H3,(H,18,20)(H,19,21). The van der Waals surface area contributed by atoms with Crippen LogP contribution >= 0.6 is 0 Å². The number of hydrogen-bond acceptors (Lipinski definition) is 3. The largest absolute Gasteiger partial charge is 0.385 e. The summed E-state index contributed by atoms with van der Waals surface area (Å²) in [5.74, 6) is -0.953. The molecule has 2 amide bonds. The zero-order chi connectivity index (χ0) is 16.0. The van der Waals surface area contributed by atoms with Crippen molar-refractivity contribution in [3.8, 4) is 0 Å². The van der Waals surface area contributed by atoms with Gasteiger partial charge in [0.2, 0.25) is 11.8 Å². The molecule has 1 saturated carbocycles. The van der Waals surface area contributed by atoms with Crippen molar-refractivity contribution in [2.75, 3.05) is 20.3 Å². The van der Waals surface area contributed by atoms with Crippen molar-refractivity contribution in [2.24, 2.45) is 5.41 Å². The fourth-order valence-electron chi connectivity index (χ4n) is 2.26. The van der Waals surface area contributed by atoms with Crippen LogP contribution in [0.15, 0.2) is 24.3 Å². The van der Waals surface area contributed by atoms with Crippen LogP contribution in [-0.4, -0.2) is 32.1 Å². The van der Waals surface area contributed by atoms with Crippen LogP contribution in [0.4, 0.5) is 4.39 Å². The van der Waals surface area contributed by atoms with Gasteiger partial charge in [-0.15, -0.1) is 0 Å². The Morgan fingerprint density at radius 3 is 2.55 bits per heavy atom. The van der Waals surface area contributed by atoms with Crippen molar-refractivity contribution < 1.29 is 18.7 Å². The van der Waals surface area contributed by atoms with E-state index < -0.39 is 5.41 Å². The van der Waals surface area contributed by atoms with Crippen molar-refractivity contribution in [2.45, 2.75) is 25.8 Å². The molecule has 1 aromatic carbocycles. The SMILES string of the molecule is COCCCNC(=O)C1(C(=O)NCc2ccccc2F)CC1. The van der Waals surface area contributed by atoms with E-state index >= 15 is 0 Å². The van der Waals surface area contributed by atoms with E-state index in [-0.39, 0.29) is 24.2 Å². The van der Waals surface area contributed by atoms with Crippen LogP contribution in [0, 0.1) is 11.2 Å². The number of rotatable bonds is 8. The molecule has 1 aromatic rings. The van der Waals surface area contributed by atoms with Gasteiger partial charge in [-0.1, -0.05) is 18.2 Å². The molecule has 0 aliphatic heterocycles. The van der Waals surface area contributed by atoms with Crippen LogP contribution in [0.5, 0.6) is 0 Å². The minimum atomic E-state index is -0.974. The molecule has 0 heterocycles. The fraction of sp³-hybridized carbons (Fsp3) is 0.500. The maximum absolute atomic E-state index is 13.5. The van der Waals surface area contributed by atoms with Gasteiger partial charge in [0.1, 0.15) is 11.2 Å². The summed E-state index contributed by atoms with van der Waals surface area (Å²) in [6.07, 6.45) is 1.77. The van der Waals surface area contributed by atoms with Gasteiger partial charge in [0, 0.05) is 32.4 Å². The second-order valence-electron chi connectivity index (χ2n) is 5.46. The fourth-order valence-corrected chi connectivity index (χ4v) is 2.26. The number of methoxy groups -OCH3 is 1. The predicted octanol–water partition coefficient (Wildman–Crippen LogP) is 1.37. The minimum absolute atomic E-state index is 0.0875. The molecule has 22 heavy (non-hydrogen) atoms. The highest BCUT2D eigenvalue weighted by Crippen LogP contribution is 2.46. The lowest BCUT2D eigenvalue weighted by atomic mass is 10.0. The molecule has 1 aliphatic carbocycles. The second-order valence-corrected chi connectivity index (χ2v) is 5.46. The summed E-state index contributed by atoms with van der Waals surface area (Å²) >= 11 is 0. The Balaban J connectivity index is 1.83. The molecule has 2 N–H and O–H groups in total. The summed E-state index contributed by atoms with van der Waals surface area (Å²) in [6.45, 7) is 1.13. The van der Waals surface area contributed by atoms with Gasteiger partial charge < -0.3 is 15.4 Å². The summed E-state index contributed by atoms with van der Waals surface area (Å²) < 4.78 is 18.4. The average molecular weight is 308 g/mol. The highest BCUT2D eigenvalue weighted by molar-refractivity contribution is 6.07. The van der Waals surface area contributed by atoms with Crippen molar-refractivity contribution in [3.63, 3.8) is 0 Å². The first kappa shape index (κ1) is 16.4. The topological polar surface area (TPSA) is 67.4 Å². The Bertz CT molecular complexity index is 544. The van der Waals surface area contributed by atoms with Crippen molar-refractivity contribution in [1.29, 1.82) is 0 Å². The van der Waals surface area contributed by atoms with E-state index in [4.69, 9.17) is 4.74 Å². The van der Waals surface area contributed by atoms with Crippen molar-refractivity contribution in [3.05, 3.63) is 35.6 Å². The normalized spacial score (nSPS) is 15.2. The summed E-state index contributed by atoms with van der Waals surface area (Å²) in [7, 11) is 1.60. The Kier molecular flexibility index (Phi) is 5.49. The third-order valence-corrected chi connectivity index (χ3v) is 3.83. The van der Waals surface area contributed by atoms with Crippen LogP contribution < -0.4 is 10.6 Å². The number of ether oxygens (including phenoxy) is 1. The van der Waals surface area contributed by atoms with Crippen LogP contribution in [0.1, 0.15) is 24.8 Å². The number of hydrogen-bond donors (Lipinski definition) is 2. The van der Waals surface area contributed by atoms with Gasteiger partial charge >= 0.3 is 0 Å². The Morgan fingerprint density at radius 1 is 1.23 bits per heavy atom. The van der Waals surface area contributed by atoms with Gasteiger partial charge in [-0.25, -0.2) is 4.39 Å². The zero-order valence-corrected chi connectivity index (χ0v) is 12.7. The summed E-state index contributed by atoms with van der Waals surface area (Å²) in [4.78, 5) is 24.3. The predicted molar refractivity (Wildman–Crippen MR) is 79.4 cm³/mol. The van der Waals surface area contributed by atoms with Crippen LogP contribution in [-0.2, 0) is 20.9 Å². The molecular weight excluding hydrogens is 287 g/mol. The minimum Gasteiger partial charge on any atom is -0.385 e. The molecule has 2 rings (SSSR count). The highest BCUT2D eigenvalue weighted by atomic mass is 19.1. The van der Waals surface area contributed by atoms with E-state index in [2.05, 4.69) is 10.6 Å². The van der Waals surface area contributed by atoms with Crippen LogP contribution in [0.25, 0.3) is 0 Å². The molecule has 1 fully saturated rings. The number of benzene rings is 1.